The van der Waals surface area contributed by atoms with Gasteiger partial charge >= 0.3 is 0 Å². The average molecular weight is 248 g/mol. The number of hydrogen-bond acceptors (Lipinski definition) is 3. The predicted octanol–water partition coefficient (Wildman–Crippen LogP) is 2.80. The summed E-state index contributed by atoms with van der Waals surface area (Å²) in [5.74, 6) is 0.708. The maximum atomic E-state index is 11.9. The van der Waals surface area contributed by atoms with Crippen LogP contribution in [0.15, 0.2) is 24.3 Å². The lowest BCUT2D eigenvalue weighted by Crippen LogP contribution is -2.13. The van der Waals surface area contributed by atoms with E-state index in [-0.39, 0.29) is 12.4 Å². The summed E-state index contributed by atoms with van der Waals surface area (Å²) in [6, 6.07) is 7.97. The summed E-state index contributed by atoms with van der Waals surface area (Å²) in [6.45, 7) is 1.12. The molecule has 0 heterocycles. The van der Waals surface area contributed by atoms with Crippen molar-refractivity contribution in [3.63, 3.8) is 0 Å². The predicted molar refractivity (Wildman–Crippen MR) is 70.1 cm³/mol. The van der Waals surface area contributed by atoms with E-state index in [2.05, 4.69) is 6.07 Å². The second-order valence-electron chi connectivity index (χ2n) is 4.72. The zero-order valence-corrected chi connectivity index (χ0v) is 10.9. The van der Waals surface area contributed by atoms with E-state index in [0.29, 0.717) is 19.1 Å². The number of carbonyl (C=O) groups is 1. The van der Waals surface area contributed by atoms with Crippen LogP contribution in [0.5, 0.6) is 0 Å². The molecule has 1 aliphatic rings. The van der Waals surface area contributed by atoms with Crippen molar-refractivity contribution in [2.45, 2.75) is 25.2 Å². The summed E-state index contributed by atoms with van der Waals surface area (Å²) in [5.41, 5.74) is 2.06. The van der Waals surface area contributed by atoms with Crippen molar-refractivity contribution in [3.05, 3.63) is 35.4 Å². The number of rotatable bonds is 7. The number of carbonyl (C=O) groups excluding carboxylic acids is 1. The first-order valence-electron chi connectivity index (χ1n) is 6.51. The molecule has 0 amide bonds. The molecule has 3 heteroatoms. The van der Waals surface area contributed by atoms with Crippen molar-refractivity contribution in [2.24, 2.45) is 0 Å². The van der Waals surface area contributed by atoms with Gasteiger partial charge in [0.2, 0.25) is 0 Å². The Hall–Kier alpha value is -1.19. The number of hydrogen-bond donors (Lipinski definition) is 0. The van der Waals surface area contributed by atoms with Crippen LogP contribution in [0.3, 0.4) is 0 Å². The molecule has 1 saturated carbocycles. The highest BCUT2D eigenvalue weighted by Crippen LogP contribution is 2.36. The molecule has 1 fully saturated rings. The Morgan fingerprint density at radius 1 is 1.33 bits per heavy atom. The smallest absolute Gasteiger partial charge is 0.188 e. The van der Waals surface area contributed by atoms with Crippen LogP contribution in [0.2, 0.25) is 0 Å². The molecule has 3 nitrogen and oxygen atoms in total. The number of methoxy groups -OCH3 is 1. The van der Waals surface area contributed by atoms with Crippen molar-refractivity contribution >= 4 is 5.78 Å². The van der Waals surface area contributed by atoms with Gasteiger partial charge in [-0.15, -0.1) is 0 Å². The SMILES string of the molecule is COCCOCC(=O)c1cccc(C2CCC2)c1. The van der Waals surface area contributed by atoms with Crippen molar-refractivity contribution in [3.8, 4) is 0 Å². The monoisotopic (exact) mass is 248 g/mol. The van der Waals surface area contributed by atoms with Gasteiger partial charge in [0.05, 0.1) is 13.2 Å². The summed E-state index contributed by atoms with van der Waals surface area (Å²) in [6.07, 6.45) is 3.81. The lowest BCUT2D eigenvalue weighted by Gasteiger charge is -2.26. The second kappa shape index (κ2) is 6.66. The lowest BCUT2D eigenvalue weighted by atomic mass is 9.79. The minimum Gasteiger partial charge on any atom is -0.382 e. The third kappa shape index (κ3) is 3.40. The van der Waals surface area contributed by atoms with Crippen LogP contribution >= 0.6 is 0 Å². The van der Waals surface area contributed by atoms with Crippen LogP contribution < -0.4 is 0 Å². The Morgan fingerprint density at radius 3 is 2.83 bits per heavy atom. The van der Waals surface area contributed by atoms with Gasteiger partial charge in [-0.05, 0) is 30.4 Å². The first kappa shape index (κ1) is 13.2. The molecule has 0 N–H and O–H groups in total. The summed E-state index contributed by atoms with van der Waals surface area (Å²) in [7, 11) is 1.62. The Bertz CT molecular complexity index is 396. The standard InChI is InChI=1S/C15H20O3/c1-17-8-9-18-11-15(16)14-7-3-6-13(10-14)12-4-2-5-12/h3,6-7,10,12H,2,4-5,8-9,11H2,1H3. The normalized spacial score (nSPS) is 15.4. The van der Waals surface area contributed by atoms with Gasteiger partial charge in [-0.3, -0.25) is 4.79 Å². The van der Waals surface area contributed by atoms with Crippen LogP contribution in [0.25, 0.3) is 0 Å². The van der Waals surface area contributed by atoms with Crippen molar-refractivity contribution < 1.29 is 14.3 Å². The van der Waals surface area contributed by atoms with E-state index in [4.69, 9.17) is 9.47 Å². The van der Waals surface area contributed by atoms with E-state index in [1.807, 2.05) is 18.2 Å². The molecule has 0 aliphatic heterocycles. The van der Waals surface area contributed by atoms with E-state index in [1.165, 1.54) is 24.8 Å². The molecule has 1 aromatic carbocycles. The fourth-order valence-electron chi connectivity index (χ4n) is 2.10. The highest BCUT2D eigenvalue weighted by Gasteiger charge is 2.20. The maximum absolute atomic E-state index is 11.9. The minimum absolute atomic E-state index is 0.0484. The third-order valence-corrected chi connectivity index (χ3v) is 3.45. The van der Waals surface area contributed by atoms with Crippen LogP contribution in [0.4, 0.5) is 0 Å². The van der Waals surface area contributed by atoms with Crippen LogP contribution in [0.1, 0.15) is 41.1 Å². The van der Waals surface area contributed by atoms with Gasteiger partial charge in [-0.1, -0.05) is 24.6 Å². The molecule has 0 aromatic heterocycles. The number of ketones is 1. The van der Waals surface area contributed by atoms with E-state index in [9.17, 15) is 4.79 Å². The fraction of sp³-hybridized carbons (Fsp3) is 0.533. The largest absolute Gasteiger partial charge is 0.382 e. The van der Waals surface area contributed by atoms with E-state index >= 15 is 0 Å². The van der Waals surface area contributed by atoms with E-state index < -0.39 is 0 Å². The number of Topliss-reactive ketones (excluding diaryl/α,β-unsaturated/α-hetero) is 1. The molecule has 0 bridgehead atoms. The average Bonchev–Trinajstić information content (AvgIpc) is 2.33. The van der Waals surface area contributed by atoms with E-state index in [0.717, 1.165) is 5.56 Å². The molecule has 2 rings (SSSR count). The molecule has 0 spiro atoms. The van der Waals surface area contributed by atoms with Gasteiger partial charge in [0.25, 0.3) is 0 Å². The summed E-state index contributed by atoms with van der Waals surface area (Å²) in [4.78, 5) is 11.9. The lowest BCUT2D eigenvalue weighted by molar-refractivity contribution is 0.0576. The highest BCUT2D eigenvalue weighted by molar-refractivity contribution is 5.97. The Labute approximate surface area is 108 Å². The minimum atomic E-state index is 0.0484. The first-order chi connectivity index (χ1) is 8.81. The molecule has 1 aromatic rings. The molecule has 0 saturated heterocycles. The maximum Gasteiger partial charge on any atom is 0.188 e. The van der Waals surface area contributed by atoms with Gasteiger partial charge < -0.3 is 9.47 Å². The van der Waals surface area contributed by atoms with Gasteiger partial charge in [-0.2, -0.15) is 0 Å². The Kier molecular flexibility index (Phi) is 4.90. The zero-order chi connectivity index (χ0) is 12.8. The summed E-state index contributed by atoms with van der Waals surface area (Å²) < 4.78 is 10.1. The zero-order valence-electron chi connectivity index (χ0n) is 10.9. The molecule has 98 valence electrons. The Balaban J connectivity index is 1.88. The van der Waals surface area contributed by atoms with Crippen LogP contribution in [-0.2, 0) is 9.47 Å². The van der Waals surface area contributed by atoms with Crippen molar-refractivity contribution in [2.75, 3.05) is 26.9 Å². The van der Waals surface area contributed by atoms with Crippen LogP contribution in [-0.4, -0.2) is 32.7 Å². The molecular formula is C15H20O3. The molecule has 18 heavy (non-hydrogen) atoms. The second-order valence-corrected chi connectivity index (χ2v) is 4.72. The Morgan fingerprint density at radius 2 is 2.17 bits per heavy atom. The fourth-order valence-corrected chi connectivity index (χ4v) is 2.10. The summed E-state index contributed by atoms with van der Waals surface area (Å²) in [5, 5.41) is 0. The van der Waals surface area contributed by atoms with Crippen molar-refractivity contribution in [1.29, 1.82) is 0 Å². The van der Waals surface area contributed by atoms with Crippen molar-refractivity contribution in [1.82, 2.24) is 0 Å². The molecule has 0 atom stereocenters. The number of ether oxygens (including phenoxy) is 2. The third-order valence-electron chi connectivity index (χ3n) is 3.45. The van der Waals surface area contributed by atoms with Gasteiger partial charge in [-0.25, -0.2) is 0 Å². The molecule has 1 aliphatic carbocycles. The first-order valence-corrected chi connectivity index (χ1v) is 6.51. The quantitative estimate of drug-likeness (QED) is 0.550. The van der Waals surface area contributed by atoms with Gasteiger partial charge in [0, 0.05) is 12.7 Å². The molecule has 0 radical (unpaired) electrons. The summed E-state index contributed by atoms with van der Waals surface area (Å²) >= 11 is 0. The topological polar surface area (TPSA) is 35.5 Å². The molecule has 0 unspecified atom stereocenters. The highest BCUT2D eigenvalue weighted by atomic mass is 16.5. The van der Waals surface area contributed by atoms with Crippen LogP contribution in [0, 0.1) is 0 Å². The van der Waals surface area contributed by atoms with Gasteiger partial charge in [0.1, 0.15) is 6.61 Å². The van der Waals surface area contributed by atoms with Gasteiger partial charge in [0.15, 0.2) is 5.78 Å². The van der Waals surface area contributed by atoms with E-state index in [1.54, 1.807) is 7.11 Å². The number of benzene rings is 1. The molecular weight excluding hydrogens is 228 g/mol.